The standard InChI is InChI=1S/C16H17N7O3S/c1-16(2)11-5-4-10(8-12(11)19-14(16)24)18-15-20-13-9-17-6-7-23(13,21-15)22-27(3,25)26/h4-9,22H,1-3H3,(H-,18,19,21,24)/p+1. The number of rotatable bonds is 3. The Morgan fingerprint density at radius 2 is 2.04 bits per heavy atom. The lowest BCUT2D eigenvalue weighted by molar-refractivity contribution is -0.822. The molecule has 11 heteroatoms. The molecule has 1 unspecified atom stereocenters. The molecule has 4 rings (SSSR count). The molecule has 10 nitrogen and oxygen atoms in total. The molecule has 3 heterocycles. The zero-order chi connectivity index (χ0) is 19.4. The van der Waals surface area contributed by atoms with Crippen molar-refractivity contribution in [1.29, 1.82) is 0 Å². The first-order chi connectivity index (χ1) is 12.6. The van der Waals surface area contributed by atoms with E-state index >= 15 is 0 Å². The van der Waals surface area contributed by atoms with Gasteiger partial charge in [0.05, 0.1) is 17.9 Å². The number of carbonyl (C=O) groups is 1. The number of benzene rings is 1. The lowest BCUT2D eigenvalue weighted by atomic mass is 9.86. The summed E-state index contributed by atoms with van der Waals surface area (Å²) in [5.74, 6) is 0.456. The van der Waals surface area contributed by atoms with Gasteiger partial charge in [-0.1, -0.05) is 6.07 Å². The summed E-state index contributed by atoms with van der Waals surface area (Å²) >= 11 is 0. The first-order valence-electron chi connectivity index (χ1n) is 8.10. The van der Waals surface area contributed by atoms with E-state index in [1.807, 2.05) is 26.0 Å². The second-order valence-electron chi connectivity index (χ2n) is 6.98. The van der Waals surface area contributed by atoms with Crippen molar-refractivity contribution in [2.45, 2.75) is 19.3 Å². The van der Waals surface area contributed by atoms with Gasteiger partial charge < -0.3 is 10.6 Å². The summed E-state index contributed by atoms with van der Waals surface area (Å²) in [6.45, 7) is 3.73. The number of quaternary nitrogens is 1. The van der Waals surface area contributed by atoms with Crippen molar-refractivity contribution in [3.63, 3.8) is 0 Å². The predicted octanol–water partition coefficient (Wildman–Crippen LogP) is 0.848. The quantitative estimate of drug-likeness (QED) is 0.664. The summed E-state index contributed by atoms with van der Waals surface area (Å²) in [5, 5.41) is 10.2. The van der Waals surface area contributed by atoms with Gasteiger partial charge in [-0.15, -0.1) is 4.99 Å². The van der Waals surface area contributed by atoms with Crippen LogP contribution in [-0.4, -0.2) is 43.3 Å². The number of sulfonamides is 1. The Labute approximate surface area is 156 Å². The molecule has 0 aliphatic carbocycles. The van der Waals surface area contributed by atoms with E-state index in [0.29, 0.717) is 11.5 Å². The van der Waals surface area contributed by atoms with Gasteiger partial charge in [0.15, 0.2) is 6.20 Å². The number of nitrogens with zero attached hydrogens (tertiary/aromatic N) is 4. The third kappa shape index (κ3) is 2.95. The number of anilines is 2. The number of carbonyl (C=O) groups excluding carboxylic acids is 1. The van der Waals surface area contributed by atoms with Crippen LogP contribution in [0.3, 0.4) is 0 Å². The zero-order valence-electron chi connectivity index (χ0n) is 14.9. The van der Waals surface area contributed by atoms with Crippen molar-refractivity contribution in [3.05, 3.63) is 36.2 Å². The van der Waals surface area contributed by atoms with Gasteiger partial charge in [-0.2, -0.15) is 0 Å². The molecule has 0 radical (unpaired) electrons. The zero-order valence-corrected chi connectivity index (χ0v) is 15.7. The number of amidine groups is 1. The Balaban J connectivity index is 1.65. The lowest BCUT2D eigenvalue weighted by Crippen LogP contribution is -2.55. The molecule has 0 saturated heterocycles. The Kier molecular flexibility index (Phi) is 3.60. The first kappa shape index (κ1) is 17.5. The van der Waals surface area contributed by atoms with Crippen LogP contribution in [0.5, 0.6) is 0 Å². The van der Waals surface area contributed by atoms with Crippen LogP contribution in [0.15, 0.2) is 45.7 Å². The van der Waals surface area contributed by atoms with Crippen LogP contribution in [0.4, 0.5) is 11.4 Å². The third-order valence-electron chi connectivity index (χ3n) is 4.45. The van der Waals surface area contributed by atoms with E-state index in [1.54, 1.807) is 6.07 Å². The van der Waals surface area contributed by atoms with Gasteiger partial charge in [-0.25, -0.2) is 8.42 Å². The number of guanidine groups is 1. The summed E-state index contributed by atoms with van der Waals surface area (Å²) in [6.07, 6.45) is 5.39. The average molecular weight is 388 g/mol. The van der Waals surface area contributed by atoms with Crippen LogP contribution >= 0.6 is 0 Å². The fraction of sp³-hybridized carbons (Fsp3) is 0.250. The van der Waals surface area contributed by atoms with Crippen molar-refractivity contribution < 1.29 is 17.9 Å². The van der Waals surface area contributed by atoms with Crippen molar-refractivity contribution in [2.24, 2.45) is 15.1 Å². The molecule has 0 aromatic heterocycles. The Bertz CT molecular complexity index is 1090. The molecule has 3 N–H and O–H groups in total. The van der Waals surface area contributed by atoms with E-state index < -0.39 is 20.1 Å². The van der Waals surface area contributed by atoms with Gasteiger partial charge >= 0.3 is 5.84 Å². The van der Waals surface area contributed by atoms with E-state index in [4.69, 9.17) is 0 Å². The summed E-state index contributed by atoms with van der Waals surface area (Å²) in [7, 11) is -3.56. The molecule has 27 heavy (non-hydrogen) atoms. The molecule has 0 spiro atoms. The monoisotopic (exact) mass is 388 g/mol. The van der Waals surface area contributed by atoms with E-state index in [9.17, 15) is 13.2 Å². The van der Waals surface area contributed by atoms with Gasteiger partial charge in [-0.05, 0) is 46.2 Å². The van der Waals surface area contributed by atoms with Gasteiger partial charge in [0, 0.05) is 11.4 Å². The Morgan fingerprint density at radius 1 is 1.26 bits per heavy atom. The highest BCUT2D eigenvalue weighted by molar-refractivity contribution is 7.88. The number of hydrogen-bond donors (Lipinski definition) is 3. The fourth-order valence-electron chi connectivity index (χ4n) is 3.08. The summed E-state index contributed by atoms with van der Waals surface area (Å²) < 4.78 is 22.9. The average Bonchev–Trinajstić information content (AvgIpc) is 3.00. The molecule has 3 aliphatic heterocycles. The van der Waals surface area contributed by atoms with Crippen molar-refractivity contribution in [3.8, 4) is 0 Å². The minimum Gasteiger partial charge on any atom is -0.325 e. The fourth-order valence-corrected chi connectivity index (χ4v) is 3.78. The van der Waals surface area contributed by atoms with Crippen molar-refractivity contribution in [1.82, 2.24) is 4.83 Å². The number of aliphatic imine (C=N–C) groups is 2. The SMILES string of the molecule is CC1(C)C(=O)Nc2cc(NC3=N[N+]4(NS(C)(=O)=O)C=CN=CC4=N3)ccc21. The van der Waals surface area contributed by atoms with Crippen molar-refractivity contribution >= 4 is 45.3 Å². The van der Waals surface area contributed by atoms with Gasteiger partial charge in [0.2, 0.25) is 5.91 Å². The molecule has 1 aromatic carbocycles. The molecule has 1 atom stereocenters. The van der Waals surface area contributed by atoms with Crippen LogP contribution in [-0.2, 0) is 20.2 Å². The maximum absolute atomic E-state index is 12.1. The van der Waals surface area contributed by atoms with Gasteiger partial charge in [0.25, 0.3) is 16.0 Å². The second kappa shape index (κ2) is 5.55. The molecular weight excluding hydrogens is 370 g/mol. The minimum atomic E-state index is -3.56. The maximum atomic E-state index is 12.1. The largest absolute Gasteiger partial charge is 0.325 e. The van der Waals surface area contributed by atoms with E-state index in [1.165, 1.54) is 18.6 Å². The van der Waals surface area contributed by atoms with Crippen LogP contribution in [0.25, 0.3) is 0 Å². The Morgan fingerprint density at radius 3 is 2.78 bits per heavy atom. The first-order valence-corrected chi connectivity index (χ1v) is 9.99. The summed E-state index contributed by atoms with van der Waals surface area (Å²) in [6, 6.07) is 5.48. The maximum Gasteiger partial charge on any atom is 0.302 e. The van der Waals surface area contributed by atoms with E-state index in [2.05, 4.69) is 30.6 Å². The second-order valence-corrected chi connectivity index (χ2v) is 8.71. The smallest absolute Gasteiger partial charge is 0.302 e. The highest BCUT2D eigenvalue weighted by atomic mass is 32.2. The lowest BCUT2D eigenvalue weighted by Gasteiger charge is -2.22. The normalized spacial score (nSPS) is 24.8. The highest BCUT2D eigenvalue weighted by Crippen LogP contribution is 2.38. The molecule has 0 fully saturated rings. The molecule has 0 bridgehead atoms. The van der Waals surface area contributed by atoms with E-state index in [-0.39, 0.29) is 11.9 Å². The van der Waals surface area contributed by atoms with Crippen LogP contribution in [0, 0.1) is 0 Å². The molecule has 0 saturated carbocycles. The topological polar surface area (TPSA) is 124 Å². The number of nitrogens with one attached hydrogen (secondary N) is 3. The third-order valence-corrected chi connectivity index (χ3v) is 5.06. The number of hydrogen-bond acceptors (Lipinski definition) is 7. The molecule has 1 aromatic rings. The van der Waals surface area contributed by atoms with Gasteiger partial charge in [0.1, 0.15) is 6.21 Å². The minimum absolute atomic E-state index is 0.0616. The van der Waals surface area contributed by atoms with Crippen LogP contribution in [0.1, 0.15) is 19.4 Å². The van der Waals surface area contributed by atoms with Crippen LogP contribution < -0.4 is 15.5 Å². The highest BCUT2D eigenvalue weighted by Gasteiger charge is 2.44. The molecular formula is C16H18N7O3S+. The number of fused-ring (bicyclic) bond motifs is 2. The Hall–Kier alpha value is -2.89. The predicted molar refractivity (Wildman–Crippen MR) is 102 cm³/mol. The number of amides is 1. The summed E-state index contributed by atoms with van der Waals surface area (Å²) in [4.78, 5) is 22.8. The molecule has 1 amide bonds. The molecule has 140 valence electrons. The van der Waals surface area contributed by atoms with Gasteiger partial charge in [-0.3, -0.25) is 9.79 Å². The van der Waals surface area contributed by atoms with E-state index in [0.717, 1.165) is 17.5 Å². The van der Waals surface area contributed by atoms with Crippen LogP contribution in [0.2, 0.25) is 0 Å². The molecule has 3 aliphatic rings. The summed E-state index contributed by atoms with van der Waals surface area (Å²) in [5.41, 5.74) is 1.70. The van der Waals surface area contributed by atoms with Crippen molar-refractivity contribution in [2.75, 3.05) is 16.9 Å².